The molecule has 0 saturated heterocycles. The minimum Gasteiger partial charge on any atom is -0.383 e. The van der Waals surface area contributed by atoms with Crippen molar-refractivity contribution in [1.29, 1.82) is 5.41 Å². The topological polar surface area (TPSA) is 91.9 Å². The van der Waals surface area contributed by atoms with Crippen LogP contribution in [0.25, 0.3) is 11.1 Å². The second-order valence-electron chi connectivity index (χ2n) is 6.46. The average molecular weight is 426 g/mol. The molecule has 0 atom stereocenters. The molecule has 0 amide bonds. The summed E-state index contributed by atoms with van der Waals surface area (Å²) in [5.41, 5.74) is 5.87. The predicted octanol–water partition coefficient (Wildman–Crippen LogP) is 5.33. The van der Waals surface area contributed by atoms with Crippen molar-refractivity contribution in [1.82, 2.24) is 4.98 Å². The lowest BCUT2D eigenvalue weighted by Crippen LogP contribution is -2.20. The van der Waals surface area contributed by atoms with Crippen molar-refractivity contribution in [3.63, 3.8) is 0 Å². The van der Waals surface area contributed by atoms with E-state index >= 15 is 0 Å². The highest BCUT2D eigenvalue weighted by molar-refractivity contribution is 8.00. The molecular weight excluding hydrogens is 406 g/mol. The van der Waals surface area contributed by atoms with Crippen molar-refractivity contribution in [2.45, 2.75) is 13.3 Å². The van der Waals surface area contributed by atoms with E-state index in [0.29, 0.717) is 11.3 Å². The summed E-state index contributed by atoms with van der Waals surface area (Å²) in [6.07, 6.45) is 2.38. The number of nitrogen functional groups attached to an aromatic ring is 1. The molecule has 0 aliphatic heterocycles. The maximum Gasteiger partial charge on any atom is 0.217 e. The van der Waals surface area contributed by atoms with Gasteiger partial charge in [0, 0.05) is 23.1 Å². The summed E-state index contributed by atoms with van der Waals surface area (Å²) < 4.78 is 32.0. The highest BCUT2D eigenvalue weighted by Gasteiger charge is 2.26. The molecule has 0 bridgehead atoms. The number of halogens is 2. The van der Waals surface area contributed by atoms with Gasteiger partial charge in [-0.15, -0.1) is 0 Å². The maximum atomic E-state index is 14.9. The van der Waals surface area contributed by atoms with Gasteiger partial charge in [-0.25, -0.2) is 13.8 Å². The zero-order chi connectivity index (χ0) is 21.7. The van der Waals surface area contributed by atoms with Crippen molar-refractivity contribution < 1.29 is 13.6 Å². The molecule has 154 valence electrons. The number of pyridine rings is 1. The van der Waals surface area contributed by atoms with E-state index in [1.807, 2.05) is 37.3 Å². The number of nitrogens with zero attached hydrogens (tertiary/aromatic N) is 1. The lowest BCUT2D eigenvalue weighted by Gasteiger charge is -2.12. The molecule has 2 aromatic carbocycles. The van der Waals surface area contributed by atoms with Crippen LogP contribution in [-0.2, 0) is 0 Å². The van der Waals surface area contributed by atoms with Crippen LogP contribution in [-0.4, -0.2) is 22.2 Å². The first-order valence-electron chi connectivity index (χ1n) is 9.24. The molecule has 3 rings (SSSR count). The Hall–Kier alpha value is -3.26. The lowest BCUT2D eigenvalue weighted by atomic mass is 9.97. The zero-order valence-electron chi connectivity index (χ0n) is 16.2. The number of aromatic nitrogens is 1. The Morgan fingerprint density at radius 1 is 1.17 bits per heavy atom. The summed E-state index contributed by atoms with van der Waals surface area (Å²) in [6.45, 7) is 1.97. The van der Waals surface area contributed by atoms with Crippen LogP contribution >= 0.6 is 11.9 Å². The number of hydrogen-bond donors (Lipinski definition) is 3. The van der Waals surface area contributed by atoms with E-state index in [2.05, 4.69) is 9.71 Å². The molecule has 0 fully saturated rings. The van der Waals surface area contributed by atoms with Gasteiger partial charge in [0.25, 0.3) is 0 Å². The van der Waals surface area contributed by atoms with Crippen molar-refractivity contribution in [2.24, 2.45) is 0 Å². The van der Waals surface area contributed by atoms with Gasteiger partial charge in [-0.1, -0.05) is 49.2 Å². The largest absolute Gasteiger partial charge is 0.383 e. The van der Waals surface area contributed by atoms with Crippen LogP contribution in [0.15, 0.2) is 54.7 Å². The fourth-order valence-corrected chi connectivity index (χ4v) is 3.40. The normalized spacial score (nSPS) is 10.6. The van der Waals surface area contributed by atoms with Gasteiger partial charge in [-0.05, 0) is 30.2 Å². The molecular formula is C22H20F2N4OS. The molecule has 30 heavy (non-hydrogen) atoms. The summed E-state index contributed by atoms with van der Waals surface area (Å²) in [7, 11) is 0. The minimum atomic E-state index is -1.10. The van der Waals surface area contributed by atoms with Crippen LogP contribution in [0.4, 0.5) is 20.3 Å². The third-order valence-electron chi connectivity index (χ3n) is 4.33. The number of benzene rings is 2. The summed E-state index contributed by atoms with van der Waals surface area (Å²) in [5, 5.41) is 8.28. The minimum absolute atomic E-state index is 0.0128. The fourth-order valence-electron chi connectivity index (χ4n) is 2.78. The second kappa shape index (κ2) is 9.49. The zero-order valence-corrected chi connectivity index (χ0v) is 17.0. The van der Waals surface area contributed by atoms with Gasteiger partial charge in [0.05, 0.1) is 11.3 Å². The molecule has 1 aromatic heterocycles. The Morgan fingerprint density at radius 2 is 1.90 bits per heavy atom. The second-order valence-corrected chi connectivity index (χ2v) is 7.36. The molecule has 0 saturated carbocycles. The number of nitrogens with one attached hydrogen (secondary N) is 2. The van der Waals surface area contributed by atoms with Gasteiger partial charge in [-0.3, -0.25) is 10.2 Å². The summed E-state index contributed by atoms with van der Waals surface area (Å²) in [4.78, 5) is 16.9. The van der Waals surface area contributed by atoms with E-state index in [1.54, 1.807) is 0 Å². The van der Waals surface area contributed by atoms with Crippen LogP contribution in [0.2, 0.25) is 0 Å². The molecule has 8 heteroatoms. The Labute approximate surface area is 177 Å². The van der Waals surface area contributed by atoms with E-state index in [9.17, 15) is 13.6 Å². The highest BCUT2D eigenvalue weighted by atomic mass is 32.2. The van der Waals surface area contributed by atoms with Gasteiger partial charge >= 0.3 is 0 Å². The molecule has 0 spiro atoms. The van der Waals surface area contributed by atoms with Gasteiger partial charge in [0.15, 0.2) is 5.82 Å². The molecule has 4 N–H and O–H groups in total. The Kier molecular flexibility index (Phi) is 6.79. The van der Waals surface area contributed by atoms with Crippen LogP contribution in [0.1, 0.15) is 29.3 Å². The number of rotatable bonds is 8. The molecule has 0 aliphatic rings. The first kappa shape index (κ1) is 21.4. The molecule has 1 heterocycles. The Balaban J connectivity index is 1.96. The van der Waals surface area contributed by atoms with Crippen LogP contribution in [0.5, 0.6) is 0 Å². The van der Waals surface area contributed by atoms with Gasteiger partial charge in [-0.2, -0.15) is 0 Å². The Bertz CT molecular complexity index is 1090. The van der Waals surface area contributed by atoms with E-state index in [4.69, 9.17) is 11.1 Å². The standard InChI is InChI=1S/C22H20F2N4OS/c1-2-10-30-28-17-9-8-16(23)18(19(17)24)21(29)20(25)15-11-14(12-27-22(15)26)13-6-4-3-5-7-13/h3-9,11-12,25,28H,2,10H2,1H3,(H2,26,27). The van der Waals surface area contributed by atoms with Crippen LogP contribution in [0.3, 0.4) is 0 Å². The van der Waals surface area contributed by atoms with E-state index in [0.717, 1.165) is 18.1 Å². The fraction of sp³-hybridized carbons (Fsp3) is 0.136. The molecule has 0 radical (unpaired) electrons. The van der Waals surface area contributed by atoms with Crippen molar-refractivity contribution in [3.05, 3.63) is 77.5 Å². The number of anilines is 2. The van der Waals surface area contributed by atoms with Gasteiger partial charge in [0.2, 0.25) is 5.78 Å². The number of carbonyl (C=O) groups is 1. The monoisotopic (exact) mass is 426 g/mol. The number of carbonyl (C=O) groups excluding carboxylic acids is 1. The third kappa shape index (κ3) is 4.49. The van der Waals surface area contributed by atoms with E-state index in [1.165, 1.54) is 30.3 Å². The predicted molar refractivity (Wildman–Crippen MR) is 118 cm³/mol. The van der Waals surface area contributed by atoms with Crippen molar-refractivity contribution in [3.8, 4) is 11.1 Å². The van der Waals surface area contributed by atoms with E-state index in [-0.39, 0.29) is 17.1 Å². The molecule has 0 aliphatic carbocycles. The molecule has 5 nitrogen and oxygen atoms in total. The molecule has 0 unspecified atom stereocenters. The third-order valence-corrected chi connectivity index (χ3v) is 5.31. The lowest BCUT2D eigenvalue weighted by molar-refractivity contribution is 0.105. The van der Waals surface area contributed by atoms with Gasteiger partial charge in [0.1, 0.15) is 17.3 Å². The smallest absolute Gasteiger partial charge is 0.217 e. The number of ketones is 1. The first-order chi connectivity index (χ1) is 14.4. The van der Waals surface area contributed by atoms with Crippen LogP contribution in [0, 0.1) is 17.0 Å². The summed E-state index contributed by atoms with van der Waals surface area (Å²) >= 11 is 1.25. The average Bonchev–Trinajstić information content (AvgIpc) is 2.76. The summed E-state index contributed by atoms with van der Waals surface area (Å²) in [6, 6.07) is 12.9. The highest BCUT2D eigenvalue weighted by Crippen LogP contribution is 2.27. The van der Waals surface area contributed by atoms with Crippen molar-refractivity contribution in [2.75, 3.05) is 16.2 Å². The summed E-state index contributed by atoms with van der Waals surface area (Å²) in [5.74, 6) is -2.54. The first-order valence-corrected chi connectivity index (χ1v) is 10.2. The number of Topliss-reactive ketones (excluding diaryl/α,β-unsaturated/α-hetero) is 1. The quantitative estimate of drug-likeness (QED) is 0.196. The van der Waals surface area contributed by atoms with Crippen LogP contribution < -0.4 is 10.5 Å². The Morgan fingerprint density at radius 3 is 2.60 bits per heavy atom. The maximum absolute atomic E-state index is 14.9. The van der Waals surface area contributed by atoms with Gasteiger partial charge < -0.3 is 10.5 Å². The SMILES string of the molecule is CCCSNc1ccc(F)c(C(=O)C(=N)c2cc(-c3ccccc3)cnc2N)c1F. The number of nitrogens with two attached hydrogens (primary N) is 1. The van der Waals surface area contributed by atoms with E-state index < -0.39 is 28.7 Å². The van der Waals surface area contributed by atoms with Crippen molar-refractivity contribution >= 4 is 34.9 Å². The number of hydrogen-bond acceptors (Lipinski definition) is 6. The molecule has 3 aromatic rings.